The fourth-order valence-corrected chi connectivity index (χ4v) is 1.51. The molecule has 1 aromatic rings. The van der Waals surface area contributed by atoms with Gasteiger partial charge in [0.2, 0.25) is 5.91 Å². The predicted molar refractivity (Wildman–Crippen MR) is 67.5 cm³/mol. The molecular weight excluding hydrogens is 202 g/mol. The van der Waals surface area contributed by atoms with Gasteiger partial charge >= 0.3 is 0 Å². The summed E-state index contributed by atoms with van der Waals surface area (Å²) >= 11 is 0. The molecule has 0 aromatic heterocycles. The number of rotatable bonds is 4. The third-order valence-corrected chi connectivity index (χ3v) is 2.95. The Bertz CT molecular complexity index is 390. The summed E-state index contributed by atoms with van der Waals surface area (Å²) in [4.78, 5) is 13.1. The minimum atomic E-state index is -0.432. The maximum Gasteiger partial charge on any atom is 0.248 e. The highest BCUT2D eigenvalue weighted by Gasteiger charge is 2.12. The third-order valence-electron chi connectivity index (χ3n) is 2.95. The monoisotopic (exact) mass is 221 g/mol. The average molecular weight is 221 g/mol. The Morgan fingerprint density at radius 2 is 2.12 bits per heavy atom. The van der Waals surface area contributed by atoms with Gasteiger partial charge in [-0.1, -0.05) is 6.92 Å². The molecule has 0 saturated heterocycles. The number of nitrogens with two attached hydrogens (primary N) is 2. The van der Waals surface area contributed by atoms with Crippen LogP contribution in [0, 0.1) is 0 Å². The van der Waals surface area contributed by atoms with Gasteiger partial charge in [-0.25, -0.2) is 0 Å². The van der Waals surface area contributed by atoms with Crippen LogP contribution in [0.15, 0.2) is 18.2 Å². The smallest absolute Gasteiger partial charge is 0.248 e. The van der Waals surface area contributed by atoms with Crippen molar-refractivity contribution in [2.45, 2.75) is 26.3 Å². The summed E-state index contributed by atoms with van der Waals surface area (Å²) in [5, 5.41) is 0. The second kappa shape index (κ2) is 4.88. The van der Waals surface area contributed by atoms with Crippen molar-refractivity contribution in [3.63, 3.8) is 0 Å². The number of carbonyl (C=O) groups is 1. The zero-order valence-electron chi connectivity index (χ0n) is 10.0. The first-order valence-corrected chi connectivity index (χ1v) is 5.39. The van der Waals surface area contributed by atoms with E-state index in [1.165, 1.54) is 0 Å². The van der Waals surface area contributed by atoms with Gasteiger partial charge in [-0.05, 0) is 31.5 Å². The first kappa shape index (κ1) is 12.4. The largest absolute Gasteiger partial charge is 0.397 e. The average Bonchev–Trinajstić information content (AvgIpc) is 2.27. The molecule has 0 fully saturated rings. The van der Waals surface area contributed by atoms with Crippen molar-refractivity contribution < 1.29 is 4.79 Å². The number of hydrogen-bond donors (Lipinski definition) is 2. The molecule has 0 aliphatic carbocycles. The van der Waals surface area contributed by atoms with Crippen LogP contribution in [0.2, 0.25) is 0 Å². The molecule has 0 saturated carbocycles. The molecule has 1 amide bonds. The van der Waals surface area contributed by atoms with E-state index in [9.17, 15) is 4.79 Å². The van der Waals surface area contributed by atoms with Gasteiger partial charge in [0.1, 0.15) is 0 Å². The normalized spacial score (nSPS) is 12.2. The summed E-state index contributed by atoms with van der Waals surface area (Å²) < 4.78 is 0. The van der Waals surface area contributed by atoms with Crippen molar-refractivity contribution >= 4 is 17.3 Å². The molecule has 0 aliphatic heterocycles. The highest BCUT2D eigenvalue weighted by atomic mass is 16.1. The minimum absolute atomic E-state index is 0.366. The van der Waals surface area contributed by atoms with Crippen LogP contribution in [0.25, 0.3) is 0 Å². The Morgan fingerprint density at radius 3 is 2.62 bits per heavy atom. The Morgan fingerprint density at radius 1 is 1.50 bits per heavy atom. The van der Waals surface area contributed by atoms with Crippen LogP contribution >= 0.6 is 0 Å². The van der Waals surface area contributed by atoms with E-state index in [0.717, 1.165) is 12.1 Å². The van der Waals surface area contributed by atoms with Gasteiger partial charge < -0.3 is 16.4 Å². The van der Waals surface area contributed by atoms with Crippen LogP contribution in [0.4, 0.5) is 11.4 Å². The van der Waals surface area contributed by atoms with E-state index in [0.29, 0.717) is 17.3 Å². The molecule has 0 bridgehead atoms. The second-order valence-electron chi connectivity index (χ2n) is 4.01. The molecule has 4 heteroatoms. The first-order chi connectivity index (χ1) is 7.47. The highest BCUT2D eigenvalue weighted by molar-refractivity contribution is 5.95. The van der Waals surface area contributed by atoms with Gasteiger partial charge in [-0.2, -0.15) is 0 Å². The van der Waals surface area contributed by atoms with E-state index < -0.39 is 5.91 Å². The number of nitrogens with zero attached hydrogens (tertiary/aromatic N) is 1. The zero-order valence-corrected chi connectivity index (χ0v) is 10.0. The Hall–Kier alpha value is -1.71. The van der Waals surface area contributed by atoms with Gasteiger partial charge in [0.05, 0.1) is 11.4 Å². The number of primary amides is 1. The Labute approximate surface area is 96.2 Å². The molecule has 1 rings (SSSR count). The van der Waals surface area contributed by atoms with Crippen LogP contribution in [0.1, 0.15) is 30.6 Å². The van der Waals surface area contributed by atoms with Gasteiger partial charge in [0, 0.05) is 18.7 Å². The van der Waals surface area contributed by atoms with E-state index in [1.807, 2.05) is 7.05 Å². The summed E-state index contributed by atoms with van der Waals surface area (Å²) in [5.41, 5.74) is 13.1. The van der Waals surface area contributed by atoms with E-state index in [1.54, 1.807) is 18.2 Å². The fourth-order valence-electron chi connectivity index (χ4n) is 1.51. The van der Waals surface area contributed by atoms with Crippen LogP contribution < -0.4 is 16.4 Å². The number of amides is 1. The summed E-state index contributed by atoms with van der Waals surface area (Å²) in [6, 6.07) is 5.47. The molecule has 0 heterocycles. The van der Waals surface area contributed by atoms with Crippen molar-refractivity contribution in [3.8, 4) is 0 Å². The van der Waals surface area contributed by atoms with Crippen LogP contribution in [-0.4, -0.2) is 19.0 Å². The molecule has 1 atom stereocenters. The molecule has 4 nitrogen and oxygen atoms in total. The molecular formula is C12H19N3O. The first-order valence-electron chi connectivity index (χ1n) is 5.39. The van der Waals surface area contributed by atoms with E-state index in [4.69, 9.17) is 11.5 Å². The second-order valence-corrected chi connectivity index (χ2v) is 4.01. The minimum Gasteiger partial charge on any atom is -0.397 e. The van der Waals surface area contributed by atoms with Crippen molar-refractivity contribution in [2.24, 2.45) is 5.73 Å². The molecule has 0 spiro atoms. The molecule has 88 valence electrons. The van der Waals surface area contributed by atoms with Crippen LogP contribution in [-0.2, 0) is 0 Å². The molecule has 1 unspecified atom stereocenters. The topological polar surface area (TPSA) is 72.3 Å². The summed E-state index contributed by atoms with van der Waals surface area (Å²) in [7, 11) is 1.96. The lowest BCUT2D eigenvalue weighted by Gasteiger charge is -2.27. The summed E-state index contributed by atoms with van der Waals surface area (Å²) in [6.45, 7) is 4.21. The zero-order chi connectivity index (χ0) is 12.3. The SMILES string of the molecule is CCC(C)N(C)c1cc(C(N)=O)ccc1N. The standard InChI is InChI=1S/C12H19N3O/c1-4-8(2)15(3)11-7-9(12(14)16)5-6-10(11)13/h5-8H,4,13H2,1-3H3,(H2,14,16). The number of hydrogen-bond acceptors (Lipinski definition) is 3. The quantitative estimate of drug-likeness (QED) is 0.758. The lowest BCUT2D eigenvalue weighted by molar-refractivity contribution is 0.100. The fraction of sp³-hybridized carbons (Fsp3) is 0.417. The van der Waals surface area contributed by atoms with Gasteiger partial charge in [-0.3, -0.25) is 4.79 Å². The lowest BCUT2D eigenvalue weighted by atomic mass is 10.1. The van der Waals surface area contributed by atoms with E-state index in [2.05, 4.69) is 18.7 Å². The van der Waals surface area contributed by atoms with Crippen molar-refractivity contribution in [1.29, 1.82) is 0 Å². The molecule has 4 N–H and O–H groups in total. The lowest BCUT2D eigenvalue weighted by Crippen LogP contribution is -2.29. The molecule has 0 aliphatic rings. The predicted octanol–water partition coefficient (Wildman–Crippen LogP) is 1.60. The van der Waals surface area contributed by atoms with Crippen molar-refractivity contribution in [3.05, 3.63) is 23.8 Å². The summed E-state index contributed by atoms with van der Waals surface area (Å²) in [6.07, 6.45) is 1.01. The van der Waals surface area contributed by atoms with Crippen LogP contribution in [0.5, 0.6) is 0 Å². The molecule has 0 radical (unpaired) electrons. The summed E-state index contributed by atoms with van der Waals surface area (Å²) in [5.74, 6) is -0.432. The molecule has 16 heavy (non-hydrogen) atoms. The van der Waals surface area contributed by atoms with Crippen molar-refractivity contribution in [2.75, 3.05) is 17.7 Å². The molecule has 1 aromatic carbocycles. The van der Waals surface area contributed by atoms with E-state index in [-0.39, 0.29) is 0 Å². The number of carbonyl (C=O) groups excluding carboxylic acids is 1. The van der Waals surface area contributed by atoms with Crippen molar-refractivity contribution in [1.82, 2.24) is 0 Å². The third kappa shape index (κ3) is 2.45. The maximum absolute atomic E-state index is 11.1. The Balaban J connectivity index is 3.11. The number of benzene rings is 1. The number of anilines is 2. The van der Waals surface area contributed by atoms with Gasteiger partial charge in [0.15, 0.2) is 0 Å². The van der Waals surface area contributed by atoms with Crippen LogP contribution in [0.3, 0.4) is 0 Å². The highest BCUT2D eigenvalue weighted by Crippen LogP contribution is 2.25. The number of nitrogen functional groups attached to an aromatic ring is 1. The van der Waals surface area contributed by atoms with Gasteiger partial charge in [0.25, 0.3) is 0 Å². The van der Waals surface area contributed by atoms with Gasteiger partial charge in [-0.15, -0.1) is 0 Å². The van der Waals surface area contributed by atoms with E-state index >= 15 is 0 Å². The Kier molecular flexibility index (Phi) is 3.77. The maximum atomic E-state index is 11.1.